The Hall–Kier alpha value is -1.01. The maximum absolute atomic E-state index is 9.37. The number of piperidine rings is 1. The van der Waals surface area contributed by atoms with Crippen molar-refractivity contribution in [3.8, 4) is 0 Å². The summed E-state index contributed by atoms with van der Waals surface area (Å²) in [6.07, 6.45) is 3.47. The maximum Gasteiger partial charge on any atom is 0.165 e. The third-order valence-electron chi connectivity index (χ3n) is 3.35. The van der Waals surface area contributed by atoms with Gasteiger partial charge < -0.3 is 5.11 Å². The number of tetrazole rings is 1. The van der Waals surface area contributed by atoms with Gasteiger partial charge in [-0.3, -0.25) is 4.90 Å². The summed E-state index contributed by atoms with van der Waals surface area (Å²) in [4.78, 5) is 2.29. The normalized spacial score (nSPS) is 22.2. The first kappa shape index (κ1) is 12.4. The molecule has 17 heavy (non-hydrogen) atoms. The van der Waals surface area contributed by atoms with E-state index >= 15 is 0 Å². The highest BCUT2D eigenvalue weighted by Gasteiger charge is 2.23. The molecule has 2 heterocycles. The van der Waals surface area contributed by atoms with Gasteiger partial charge in [0.1, 0.15) is 0 Å². The molecule has 1 N–H and O–H groups in total. The van der Waals surface area contributed by atoms with E-state index in [1.807, 2.05) is 4.68 Å². The standard InChI is InChI=1S/C11H21N5O/c1-9(2)16-11(12-13-14-16)7-15-6-4-3-5-10(15)8-17/h9-10,17H,3-8H2,1-2H3/t10-/m1/s1. The zero-order chi connectivity index (χ0) is 12.3. The molecule has 0 saturated carbocycles. The quantitative estimate of drug-likeness (QED) is 0.833. The SMILES string of the molecule is CC(C)n1nnnc1CN1CCCC[C@@H]1CO. The number of hydrogen-bond acceptors (Lipinski definition) is 5. The van der Waals surface area contributed by atoms with E-state index < -0.39 is 0 Å². The average Bonchev–Trinajstić information content (AvgIpc) is 2.78. The van der Waals surface area contributed by atoms with Crippen molar-refractivity contribution in [2.75, 3.05) is 13.2 Å². The molecular formula is C11H21N5O. The molecule has 2 rings (SSSR count). The first-order valence-corrected chi connectivity index (χ1v) is 6.34. The molecule has 1 aliphatic heterocycles. The number of aromatic nitrogens is 4. The topological polar surface area (TPSA) is 67.1 Å². The number of aliphatic hydroxyl groups excluding tert-OH is 1. The molecular weight excluding hydrogens is 218 g/mol. The Kier molecular flexibility index (Phi) is 4.06. The Morgan fingerprint density at radius 2 is 2.24 bits per heavy atom. The van der Waals surface area contributed by atoms with Crippen molar-refractivity contribution < 1.29 is 5.11 Å². The van der Waals surface area contributed by atoms with Crippen LogP contribution in [0.15, 0.2) is 0 Å². The van der Waals surface area contributed by atoms with Crippen molar-refractivity contribution >= 4 is 0 Å². The third kappa shape index (κ3) is 2.81. The summed E-state index contributed by atoms with van der Waals surface area (Å²) in [5.41, 5.74) is 0. The first-order valence-electron chi connectivity index (χ1n) is 6.34. The third-order valence-corrected chi connectivity index (χ3v) is 3.35. The van der Waals surface area contributed by atoms with Gasteiger partial charge in [-0.2, -0.15) is 0 Å². The zero-order valence-corrected chi connectivity index (χ0v) is 10.6. The molecule has 0 radical (unpaired) electrons. The second kappa shape index (κ2) is 5.55. The van der Waals surface area contributed by atoms with Crippen molar-refractivity contribution in [3.63, 3.8) is 0 Å². The number of likely N-dealkylation sites (tertiary alicyclic amines) is 1. The fourth-order valence-corrected chi connectivity index (χ4v) is 2.37. The number of aliphatic hydroxyl groups is 1. The van der Waals surface area contributed by atoms with Crippen LogP contribution in [0.1, 0.15) is 45.0 Å². The Labute approximate surface area is 102 Å². The second-order valence-electron chi connectivity index (χ2n) is 4.94. The predicted molar refractivity (Wildman–Crippen MR) is 63.3 cm³/mol. The molecule has 1 aromatic heterocycles. The van der Waals surface area contributed by atoms with Gasteiger partial charge in [-0.15, -0.1) is 5.10 Å². The molecule has 0 bridgehead atoms. The molecule has 1 fully saturated rings. The molecule has 1 aliphatic rings. The van der Waals surface area contributed by atoms with Crippen LogP contribution in [0, 0.1) is 0 Å². The lowest BCUT2D eigenvalue weighted by molar-refractivity contribution is 0.0803. The van der Waals surface area contributed by atoms with Gasteiger partial charge in [0.15, 0.2) is 5.82 Å². The lowest BCUT2D eigenvalue weighted by Crippen LogP contribution is -2.41. The van der Waals surface area contributed by atoms with Crippen LogP contribution in [0.4, 0.5) is 0 Å². The molecule has 0 amide bonds. The largest absolute Gasteiger partial charge is 0.395 e. The van der Waals surface area contributed by atoms with Crippen LogP contribution in [0.3, 0.4) is 0 Å². The van der Waals surface area contributed by atoms with Crippen LogP contribution >= 0.6 is 0 Å². The first-order chi connectivity index (χ1) is 8.22. The Morgan fingerprint density at radius 1 is 1.41 bits per heavy atom. The smallest absolute Gasteiger partial charge is 0.165 e. The molecule has 0 aromatic carbocycles. The average molecular weight is 239 g/mol. The lowest BCUT2D eigenvalue weighted by Gasteiger charge is -2.34. The summed E-state index contributed by atoms with van der Waals surface area (Å²) >= 11 is 0. The van der Waals surface area contributed by atoms with E-state index in [4.69, 9.17) is 0 Å². The zero-order valence-electron chi connectivity index (χ0n) is 10.6. The fraction of sp³-hybridized carbons (Fsp3) is 0.909. The molecule has 6 heteroatoms. The lowest BCUT2D eigenvalue weighted by atomic mass is 10.0. The van der Waals surface area contributed by atoms with E-state index in [0.717, 1.165) is 25.3 Å². The van der Waals surface area contributed by atoms with Crippen LogP contribution in [-0.4, -0.2) is 49.4 Å². The molecule has 0 spiro atoms. The molecule has 6 nitrogen and oxygen atoms in total. The predicted octanol–water partition coefficient (Wildman–Crippen LogP) is 0.601. The highest BCUT2D eigenvalue weighted by atomic mass is 16.3. The van der Waals surface area contributed by atoms with Crippen LogP contribution in [0.5, 0.6) is 0 Å². The van der Waals surface area contributed by atoms with Gasteiger partial charge in [0.25, 0.3) is 0 Å². The molecule has 0 unspecified atom stereocenters. The van der Waals surface area contributed by atoms with Crippen molar-refractivity contribution in [3.05, 3.63) is 5.82 Å². The summed E-state index contributed by atoms with van der Waals surface area (Å²) in [5, 5.41) is 21.2. The monoisotopic (exact) mass is 239 g/mol. The van der Waals surface area contributed by atoms with Gasteiger partial charge in [-0.1, -0.05) is 6.42 Å². The van der Waals surface area contributed by atoms with Gasteiger partial charge in [0.05, 0.1) is 19.2 Å². The van der Waals surface area contributed by atoms with Gasteiger partial charge >= 0.3 is 0 Å². The fourth-order valence-electron chi connectivity index (χ4n) is 2.37. The van der Waals surface area contributed by atoms with E-state index in [-0.39, 0.29) is 18.7 Å². The van der Waals surface area contributed by atoms with Crippen LogP contribution in [0.25, 0.3) is 0 Å². The van der Waals surface area contributed by atoms with Gasteiger partial charge in [-0.05, 0) is 43.7 Å². The molecule has 1 atom stereocenters. The van der Waals surface area contributed by atoms with Crippen LogP contribution in [0.2, 0.25) is 0 Å². The van der Waals surface area contributed by atoms with Gasteiger partial charge in [0.2, 0.25) is 0 Å². The van der Waals surface area contributed by atoms with Crippen LogP contribution < -0.4 is 0 Å². The minimum Gasteiger partial charge on any atom is -0.395 e. The minimum atomic E-state index is 0.225. The summed E-state index contributed by atoms with van der Waals surface area (Å²) in [6, 6.07) is 0.540. The molecule has 1 saturated heterocycles. The summed E-state index contributed by atoms with van der Waals surface area (Å²) in [5.74, 6) is 0.889. The summed E-state index contributed by atoms with van der Waals surface area (Å²) < 4.78 is 1.85. The highest BCUT2D eigenvalue weighted by molar-refractivity contribution is 4.87. The van der Waals surface area contributed by atoms with Crippen molar-refractivity contribution in [1.29, 1.82) is 0 Å². The Balaban J connectivity index is 2.05. The summed E-state index contributed by atoms with van der Waals surface area (Å²) in [7, 11) is 0. The van der Waals surface area contributed by atoms with E-state index in [1.165, 1.54) is 12.8 Å². The van der Waals surface area contributed by atoms with E-state index in [1.54, 1.807) is 0 Å². The van der Waals surface area contributed by atoms with E-state index in [0.29, 0.717) is 0 Å². The van der Waals surface area contributed by atoms with Crippen molar-refractivity contribution in [2.45, 2.75) is 51.7 Å². The minimum absolute atomic E-state index is 0.225. The molecule has 0 aliphatic carbocycles. The molecule has 96 valence electrons. The summed E-state index contributed by atoms with van der Waals surface area (Å²) in [6.45, 7) is 6.12. The second-order valence-corrected chi connectivity index (χ2v) is 4.94. The van der Waals surface area contributed by atoms with E-state index in [9.17, 15) is 5.11 Å². The Morgan fingerprint density at radius 3 is 2.94 bits per heavy atom. The van der Waals surface area contributed by atoms with Crippen molar-refractivity contribution in [2.24, 2.45) is 0 Å². The highest BCUT2D eigenvalue weighted by Crippen LogP contribution is 2.19. The number of hydrogen-bond donors (Lipinski definition) is 1. The van der Waals surface area contributed by atoms with Crippen LogP contribution in [-0.2, 0) is 6.54 Å². The van der Waals surface area contributed by atoms with E-state index in [2.05, 4.69) is 34.3 Å². The Bertz CT molecular complexity index is 351. The maximum atomic E-state index is 9.37. The number of nitrogens with zero attached hydrogens (tertiary/aromatic N) is 5. The van der Waals surface area contributed by atoms with Gasteiger partial charge in [-0.25, -0.2) is 4.68 Å². The number of rotatable bonds is 4. The van der Waals surface area contributed by atoms with Crippen molar-refractivity contribution in [1.82, 2.24) is 25.1 Å². The molecule has 1 aromatic rings. The van der Waals surface area contributed by atoms with Gasteiger partial charge in [0, 0.05) is 6.04 Å².